The lowest BCUT2D eigenvalue weighted by Crippen LogP contribution is -2.39. The molecule has 1 atom stereocenters. The maximum absolute atomic E-state index is 13.6. The summed E-state index contributed by atoms with van der Waals surface area (Å²) in [5.41, 5.74) is 2.47. The van der Waals surface area contributed by atoms with E-state index in [4.69, 9.17) is 4.74 Å². The number of nitrogens with one attached hydrogen (secondary N) is 2. The van der Waals surface area contributed by atoms with E-state index in [1.807, 2.05) is 6.92 Å². The molecule has 1 aromatic heterocycles. The van der Waals surface area contributed by atoms with Crippen molar-refractivity contribution < 1.29 is 24.1 Å². The van der Waals surface area contributed by atoms with Crippen LogP contribution in [0.4, 0.5) is 4.39 Å². The van der Waals surface area contributed by atoms with E-state index in [1.165, 1.54) is 12.1 Å². The van der Waals surface area contributed by atoms with Gasteiger partial charge < -0.3 is 25.3 Å². The first-order valence-corrected chi connectivity index (χ1v) is 9.59. The van der Waals surface area contributed by atoms with E-state index in [0.717, 1.165) is 17.5 Å². The van der Waals surface area contributed by atoms with Crippen molar-refractivity contribution in [3.05, 3.63) is 65.1 Å². The first-order chi connectivity index (χ1) is 14.0. The molecule has 0 saturated heterocycles. The zero-order valence-corrected chi connectivity index (χ0v) is 16.2. The fourth-order valence-corrected chi connectivity index (χ4v) is 3.20. The van der Waals surface area contributed by atoms with Crippen molar-refractivity contribution in [3.63, 3.8) is 0 Å². The number of rotatable bonds is 9. The normalized spacial score (nSPS) is 12.1. The van der Waals surface area contributed by atoms with Crippen molar-refractivity contribution in [1.29, 1.82) is 0 Å². The Morgan fingerprint density at radius 1 is 1.24 bits per heavy atom. The minimum absolute atomic E-state index is 0.196. The molecule has 6 nitrogen and oxygen atoms in total. The van der Waals surface area contributed by atoms with Gasteiger partial charge in [-0.1, -0.05) is 13.0 Å². The molecule has 1 amide bonds. The molecule has 0 aliphatic carbocycles. The van der Waals surface area contributed by atoms with Crippen LogP contribution in [0.2, 0.25) is 0 Å². The van der Waals surface area contributed by atoms with Gasteiger partial charge in [0.2, 0.25) is 0 Å². The van der Waals surface area contributed by atoms with Crippen molar-refractivity contribution in [3.8, 4) is 5.75 Å². The van der Waals surface area contributed by atoms with Crippen LogP contribution in [0, 0.1) is 5.82 Å². The Morgan fingerprint density at radius 3 is 2.79 bits per heavy atom. The number of fused-ring (bicyclic) bond motifs is 1. The number of carbonyl (C=O) groups is 1. The molecule has 7 heteroatoms. The van der Waals surface area contributed by atoms with E-state index in [2.05, 4.69) is 10.3 Å². The molecule has 0 aliphatic heterocycles. The molecule has 0 bridgehead atoms. The molecule has 3 rings (SSSR count). The van der Waals surface area contributed by atoms with Crippen molar-refractivity contribution in [2.24, 2.45) is 0 Å². The van der Waals surface area contributed by atoms with Crippen LogP contribution in [-0.4, -0.2) is 40.4 Å². The number of aliphatic hydroxyl groups is 2. The largest absolute Gasteiger partial charge is 0.493 e. The molecule has 1 unspecified atom stereocenters. The zero-order chi connectivity index (χ0) is 20.8. The van der Waals surface area contributed by atoms with E-state index in [9.17, 15) is 19.4 Å². The average molecular weight is 400 g/mol. The molecule has 29 heavy (non-hydrogen) atoms. The quantitative estimate of drug-likeness (QED) is 0.444. The summed E-state index contributed by atoms with van der Waals surface area (Å²) >= 11 is 0. The number of carbonyl (C=O) groups excluding carboxylic acids is 1. The molecule has 154 valence electrons. The average Bonchev–Trinajstić information content (AvgIpc) is 3.13. The first-order valence-electron chi connectivity index (χ1n) is 9.59. The number of benzene rings is 2. The smallest absolute Gasteiger partial charge is 0.255 e. The Hall–Kier alpha value is -2.90. The van der Waals surface area contributed by atoms with Gasteiger partial charge in [-0.05, 0) is 54.3 Å². The van der Waals surface area contributed by atoms with E-state index in [-0.39, 0.29) is 19.0 Å². The summed E-state index contributed by atoms with van der Waals surface area (Å²) in [6.07, 6.45) is 2.87. The van der Waals surface area contributed by atoms with Gasteiger partial charge in [0.05, 0.1) is 31.4 Å². The standard InChI is InChI=1S/C22H25FN2O4/c1-2-7-29-21-6-3-14(12-26)8-19(21)22(28)25-17(13-27)9-15-11-24-20-5-4-16(23)10-18(15)20/h3-6,8,10-11,17,24,26-27H,2,7,9,12-13H2,1H3,(H,25,28). The van der Waals surface area contributed by atoms with Gasteiger partial charge in [0.15, 0.2) is 0 Å². The highest BCUT2D eigenvalue weighted by Gasteiger charge is 2.19. The number of aromatic nitrogens is 1. The number of ether oxygens (including phenoxy) is 1. The summed E-state index contributed by atoms with van der Waals surface area (Å²) in [7, 11) is 0. The highest BCUT2D eigenvalue weighted by molar-refractivity contribution is 5.97. The molecule has 0 radical (unpaired) electrons. The van der Waals surface area contributed by atoms with Crippen molar-refractivity contribution in [1.82, 2.24) is 10.3 Å². The monoisotopic (exact) mass is 400 g/mol. The second-order valence-electron chi connectivity index (χ2n) is 6.90. The number of hydrogen-bond acceptors (Lipinski definition) is 4. The van der Waals surface area contributed by atoms with Crippen LogP contribution in [0.25, 0.3) is 10.9 Å². The lowest BCUT2D eigenvalue weighted by atomic mass is 10.0. The van der Waals surface area contributed by atoms with Gasteiger partial charge >= 0.3 is 0 Å². The van der Waals surface area contributed by atoms with E-state index in [0.29, 0.717) is 35.3 Å². The number of H-pyrrole nitrogens is 1. The summed E-state index contributed by atoms with van der Waals surface area (Å²) in [4.78, 5) is 15.9. The Kier molecular flexibility index (Phi) is 6.85. The predicted molar refractivity (Wildman–Crippen MR) is 108 cm³/mol. The SMILES string of the molecule is CCCOc1ccc(CO)cc1C(=O)NC(CO)Cc1c[nH]c2ccc(F)cc12. The highest BCUT2D eigenvalue weighted by Crippen LogP contribution is 2.23. The first kappa shape index (κ1) is 20.8. The van der Waals surface area contributed by atoms with Crippen LogP contribution < -0.4 is 10.1 Å². The lowest BCUT2D eigenvalue weighted by Gasteiger charge is -2.18. The molecule has 4 N–H and O–H groups in total. The van der Waals surface area contributed by atoms with Gasteiger partial charge in [0, 0.05) is 17.1 Å². The fourth-order valence-electron chi connectivity index (χ4n) is 3.20. The van der Waals surface area contributed by atoms with Gasteiger partial charge in [-0.3, -0.25) is 4.79 Å². The fraction of sp³-hybridized carbons (Fsp3) is 0.318. The Balaban J connectivity index is 1.79. The van der Waals surface area contributed by atoms with Crippen LogP contribution in [0.1, 0.15) is 34.8 Å². The number of hydrogen-bond donors (Lipinski definition) is 4. The van der Waals surface area contributed by atoms with Crippen LogP contribution in [0.15, 0.2) is 42.6 Å². The topological polar surface area (TPSA) is 94.6 Å². The van der Waals surface area contributed by atoms with Gasteiger partial charge in [-0.15, -0.1) is 0 Å². The van der Waals surface area contributed by atoms with Gasteiger partial charge in [-0.25, -0.2) is 4.39 Å². The summed E-state index contributed by atoms with van der Waals surface area (Å²) < 4.78 is 19.2. The van der Waals surface area contributed by atoms with Gasteiger partial charge in [0.25, 0.3) is 5.91 Å². The van der Waals surface area contributed by atoms with E-state index in [1.54, 1.807) is 30.5 Å². The Labute approximate surface area is 168 Å². The lowest BCUT2D eigenvalue weighted by molar-refractivity contribution is 0.0912. The van der Waals surface area contributed by atoms with Crippen LogP contribution in [0.3, 0.4) is 0 Å². The molecule has 0 saturated carbocycles. The second kappa shape index (κ2) is 9.54. The molecular weight excluding hydrogens is 375 g/mol. The van der Waals surface area contributed by atoms with Gasteiger partial charge in [-0.2, -0.15) is 0 Å². The molecule has 0 spiro atoms. The van der Waals surface area contributed by atoms with Crippen molar-refractivity contribution in [2.45, 2.75) is 32.4 Å². The Bertz CT molecular complexity index is 986. The molecule has 3 aromatic rings. The molecular formula is C22H25FN2O4. The summed E-state index contributed by atoms with van der Waals surface area (Å²) in [5.74, 6) is -0.328. The summed E-state index contributed by atoms with van der Waals surface area (Å²) in [5, 5.41) is 22.7. The number of aromatic amines is 1. The Morgan fingerprint density at radius 2 is 2.07 bits per heavy atom. The van der Waals surface area contributed by atoms with Crippen molar-refractivity contribution >= 4 is 16.8 Å². The van der Waals surface area contributed by atoms with Crippen LogP contribution >= 0.6 is 0 Å². The third-order valence-corrected chi connectivity index (χ3v) is 4.68. The maximum atomic E-state index is 13.6. The minimum Gasteiger partial charge on any atom is -0.493 e. The minimum atomic E-state index is -0.568. The highest BCUT2D eigenvalue weighted by atomic mass is 19.1. The summed E-state index contributed by atoms with van der Waals surface area (Å²) in [6.45, 7) is 1.95. The predicted octanol–water partition coefficient (Wildman–Crippen LogP) is 2.92. The maximum Gasteiger partial charge on any atom is 0.255 e. The molecule has 0 aliphatic rings. The zero-order valence-electron chi connectivity index (χ0n) is 16.2. The molecule has 2 aromatic carbocycles. The van der Waals surface area contributed by atoms with E-state index >= 15 is 0 Å². The summed E-state index contributed by atoms with van der Waals surface area (Å²) in [6, 6.07) is 8.83. The van der Waals surface area contributed by atoms with E-state index < -0.39 is 11.9 Å². The third kappa shape index (κ3) is 4.93. The number of aliphatic hydroxyl groups excluding tert-OH is 2. The number of amides is 1. The van der Waals surface area contributed by atoms with Crippen molar-refractivity contribution in [2.75, 3.05) is 13.2 Å². The third-order valence-electron chi connectivity index (χ3n) is 4.68. The number of halogens is 1. The molecule has 1 heterocycles. The second-order valence-corrected chi connectivity index (χ2v) is 6.90. The van der Waals surface area contributed by atoms with Gasteiger partial charge in [0.1, 0.15) is 11.6 Å². The van der Waals surface area contributed by atoms with Crippen LogP contribution in [-0.2, 0) is 13.0 Å². The van der Waals surface area contributed by atoms with Crippen LogP contribution in [0.5, 0.6) is 5.75 Å². The molecule has 0 fully saturated rings.